The summed E-state index contributed by atoms with van der Waals surface area (Å²) in [7, 11) is -0.610. The number of hydrogen-bond donors (Lipinski definition) is 1. The van der Waals surface area contributed by atoms with E-state index in [2.05, 4.69) is 12.2 Å². The molecule has 0 atom stereocenters. The highest BCUT2D eigenvalue weighted by atomic mass is 32.2. The zero-order valence-electron chi connectivity index (χ0n) is 17.7. The van der Waals surface area contributed by atoms with Crippen molar-refractivity contribution in [2.24, 2.45) is 13.0 Å². The summed E-state index contributed by atoms with van der Waals surface area (Å²) in [4.78, 5) is 12.9. The molecule has 0 unspecified atom stereocenters. The molecule has 1 aliphatic heterocycles. The highest BCUT2D eigenvalue weighted by Crippen LogP contribution is 2.27. The first-order chi connectivity index (χ1) is 14.2. The van der Waals surface area contributed by atoms with E-state index in [1.165, 1.54) is 29.6 Å². The van der Waals surface area contributed by atoms with E-state index in [0.717, 1.165) is 12.8 Å². The molecule has 1 aromatic carbocycles. The number of sulfonamides is 1. The minimum Gasteiger partial charge on any atom is -0.496 e. The normalized spacial score (nSPS) is 15.9. The van der Waals surface area contributed by atoms with Crippen molar-refractivity contribution < 1.29 is 22.3 Å². The number of halogens is 1. The summed E-state index contributed by atoms with van der Waals surface area (Å²) >= 11 is 0. The van der Waals surface area contributed by atoms with Crippen molar-refractivity contribution in [1.29, 1.82) is 0 Å². The quantitative estimate of drug-likeness (QED) is 0.754. The number of carbonyl (C=O) groups excluding carboxylic acids is 1. The Kier molecular flexibility index (Phi) is 6.52. The molecule has 1 N–H and O–H groups in total. The largest absolute Gasteiger partial charge is 0.496 e. The smallest absolute Gasteiger partial charge is 0.268 e. The minimum absolute atomic E-state index is 0.0784. The lowest BCUT2D eigenvalue weighted by Gasteiger charge is -2.29. The predicted octanol–water partition coefficient (Wildman–Crippen LogP) is 2.83. The summed E-state index contributed by atoms with van der Waals surface area (Å²) in [5.41, 5.74) is 0.920. The molecule has 164 valence electrons. The van der Waals surface area contributed by atoms with Gasteiger partial charge in [0.15, 0.2) is 0 Å². The van der Waals surface area contributed by atoms with Crippen LogP contribution in [-0.2, 0) is 23.6 Å². The van der Waals surface area contributed by atoms with E-state index in [0.29, 0.717) is 30.5 Å². The van der Waals surface area contributed by atoms with Crippen molar-refractivity contribution in [3.05, 3.63) is 47.0 Å². The number of aromatic nitrogens is 1. The number of ether oxygens (including phenoxy) is 1. The third-order valence-electron chi connectivity index (χ3n) is 5.80. The zero-order valence-corrected chi connectivity index (χ0v) is 18.6. The molecule has 9 heteroatoms. The SMILES string of the molecule is COc1cccc(F)c1CNC(=O)c1cc(S(=O)(=O)N2CCC(C)CC2)c(C)n1C. The first-order valence-electron chi connectivity index (χ1n) is 9.92. The summed E-state index contributed by atoms with van der Waals surface area (Å²) < 4.78 is 48.5. The van der Waals surface area contributed by atoms with Crippen molar-refractivity contribution in [2.75, 3.05) is 20.2 Å². The second kappa shape index (κ2) is 8.77. The van der Waals surface area contributed by atoms with Crippen LogP contribution < -0.4 is 10.1 Å². The molecule has 1 aromatic heterocycles. The molecule has 2 heterocycles. The number of benzene rings is 1. The molecule has 0 spiro atoms. The summed E-state index contributed by atoms with van der Waals surface area (Å²) in [6, 6.07) is 5.83. The highest BCUT2D eigenvalue weighted by molar-refractivity contribution is 7.89. The fourth-order valence-corrected chi connectivity index (χ4v) is 5.42. The maximum absolute atomic E-state index is 14.1. The van der Waals surface area contributed by atoms with Gasteiger partial charge in [-0.1, -0.05) is 13.0 Å². The summed E-state index contributed by atoms with van der Waals surface area (Å²) in [6.07, 6.45) is 1.64. The lowest BCUT2D eigenvalue weighted by molar-refractivity contribution is 0.0942. The van der Waals surface area contributed by atoms with E-state index in [4.69, 9.17) is 4.74 Å². The van der Waals surface area contributed by atoms with Gasteiger partial charge in [-0.3, -0.25) is 4.79 Å². The molecule has 7 nitrogen and oxygen atoms in total. The van der Waals surface area contributed by atoms with Crippen molar-refractivity contribution in [2.45, 2.75) is 38.1 Å². The number of nitrogens with zero attached hydrogens (tertiary/aromatic N) is 2. The van der Waals surface area contributed by atoms with Gasteiger partial charge >= 0.3 is 0 Å². The van der Waals surface area contributed by atoms with Crippen LogP contribution in [0, 0.1) is 18.7 Å². The maximum Gasteiger partial charge on any atom is 0.268 e. The Bertz CT molecular complexity index is 1040. The standard InChI is InChI=1S/C21H28FN3O4S/c1-14-8-10-25(11-9-14)30(27,28)20-12-18(24(3)15(20)2)21(26)23-13-16-17(22)6-5-7-19(16)29-4/h5-7,12,14H,8-11,13H2,1-4H3,(H,23,26). The number of piperidine rings is 1. The van der Waals surface area contributed by atoms with E-state index in [9.17, 15) is 17.6 Å². The predicted molar refractivity (Wildman–Crippen MR) is 111 cm³/mol. The van der Waals surface area contributed by atoms with Crippen LogP contribution in [0.1, 0.15) is 41.5 Å². The van der Waals surface area contributed by atoms with Gasteiger partial charge in [-0.2, -0.15) is 4.31 Å². The molecule has 1 aliphatic rings. The fraction of sp³-hybridized carbons (Fsp3) is 0.476. The van der Waals surface area contributed by atoms with Crippen LogP contribution in [0.2, 0.25) is 0 Å². The van der Waals surface area contributed by atoms with Crippen LogP contribution in [0.3, 0.4) is 0 Å². The van der Waals surface area contributed by atoms with Crippen LogP contribution >= 0.6 is 0 Å². The molecular formula is C21H28FN3O4S. The minimum atomic E-state index is -3.68. The number of hydrogen-bond acceptors (Lipinski definition) is 4. The number of rotatable bonds is 6. The van der Waals surface area contributed by atoms with Crippen LogP contribution in [0.4, 0.5) is 4.39 Å². The van der Waals surface area contributed by atoms with Gasteiger partial charge in [0.2, 0.25) is 10.0 Å². The monoisotopic (exact) mass is 437 g/mol. The lowest BCUT2D eigenvalue weighted by Crippen LogP contribution is -2.38. The molecule has 2 aromatic rings. The van der Waals surface area contributed by atoms with Gasteiger partial charge in [-0.05, 0) is 43.9 Å². The maximum atomic E-state index is 14.1. The van der Waals surface area contributed by atoms with E-state index < -0.39 is 21.7 Å². The lowest BCUT2D eigenvalue weighted by atomic mass is 10.0. The molecule has 1 amide bonds. The van der Waals surface area contributed by atoms with Crippen LogP contribution in [-0.4, -0.2) is 43.4 Å². The summed E-state index contributed by atoms with van der Waals surface area (Å²) in [6.45, 7) is 4.67. The van der Waals surface area contributed by atoms with Crippen LogP contribution in [0.15, 0.2) is 29.2 Å². The number of carbonyl (C=O) groups is 1. The molecule has 0 saturated carbocycles. The van der Waals surface area contributed by atoms with E-state index in [-0.39, 0.29) is 22.7 Å². The zero-order chi connectivity index (χ0) is 22.1. The Labute approximate surface area is 176 Å². The summed E-state index contributed by atoms with van der Waals surface area (Å²) in [5, 5.41) is 2.66. The Morgan fingerprint density at radius 1 is 1.30 bits per heavy atom. The highest BCUT2D eigenvalue weighted by Gasteiger charge is 2.32. The van der Waals surface area contributed by atoms with Crippen LogP contribution in [0.5, 0.6) is 5.75 Å². The molecule has 1 saturated heterocycles. The number of methoxy groups -OCH3 is 1. The van der Waals surface area contributed by atoms with Gasteiger partial charge in [0.25, 0.3) is 5.91 Å². The molecule has 3 rings (SSSR count). The summed E-state index contributed by atoms with van der Waals surface area (Å²) in [5.74, 6) is -0.133. The van der Waals surface area contributed by atoms with Gasteiger partial charge in [0, 0.05) is 37.9 Å². The third kappa shape index (κ3) is 4.22. The van der Waals surface area contributed by atoms with Crippen molar-refractivity contribution in [3.63, 3.8) is 0 Å². The topological polar surface area (TPSA) is 80.6 Å². The first kappa shape index (κ1) is 22.3. The van der Waals surface area contributed by atoms with Gasteiger partial charge < -0.3 is 14.6 Å². The Hall–Kier alpha value is -2.39. The number of nitrogens with one attached hydrogen (secondary N) is 1. The Morgan fingerprint density at radius 2 is 1.97 bits per heavy atom. The molecule has 0 radical (unpaired) electrons. The Morgan fingerprint density at radius 3 is 2.60 bits per heavy atom. The second-order valence-electron chi connectivity index (χ2n) is 7.73. The Balaban J connectivity index is 1.82. The third-order valence-corrected chi connectivity index (χ3v) is 7.82. The van der Waals surface area contributed by atoms with Crippen molar-refractivity contribution >= 4 is 15.9 Å². The number of amides is 1. The van der Waals surface area contributed by atoms with Crippen LogP contribution in [0.25, 0.3) is 0 Å². The molecule has 0 aliphatic carbocycles. The van der Waals surface area contributed by atoms with Gasteiger partial charge in [0.1, 0.15) is 22.2 Å². The average Bonchev–Trinajstić information content (AvgIpc) is 3.02. The molecular weight excluding hydrogens is 409 g/mol. The van der Waals surface area contributed by atoms with Crippen molar-refractivity contribution in [1.82, 2.24) is 14.2 Å². The van der Waals surface area contributed by atoms with Gasteiger partial charge in [0.05, 0.1) is 7.11 Å². The van der Waals surface area contributed by atoms with Gasteiger partial charge in [-0.15, -0.1) is 0 Å². The first-order valence-corrected chi connectivity index (χ1v) is 11.4. The fourth-order valence-electron chi connectivity index (χ4n) is 3.68. The molecule has 30 heavy (non-hydrogen) atoms. The average molecular weight is 438 g/mol. The van der Waals surface area contributed by atoms with E-state index in [1.807, 2.05) is 0 Å². The second-order valence-corrected chi connectivity index (χ2v) is 9.63. The van der Waals surface area contributed by atoms with Crippen molar-refractivity contribution in [3.8, 4) is 5.75 Å². The van der Waals surface area contributed by atoms with E-state index in [1.54, 1.807) is 24.6 Å². The van der Waals surface area contributed by atoms with Gasteiger partial charge in [-0.25, -0.2) is 12.8 Å². The van der Waals surface area contributed by atoms with E-state index >= 15 is 0 Å². The molecule has 0 bridgehead atoms. The molecule has 1 fully saturated rings.